The summed E-state index contributed by atoms with van der Waals surface area (Å²) in [6, 6.07) is 0. The lowest BCUT2D eigenvalue weighted by atomic mass is 9.62. The van der Waals surface area contributed by atoms with Gasteiger partial charge < -0.3 is 20.1 Å². The first kappa shape index (κ1) is 27.1. The Morgan fingerprint density at radius 3 is 2.65 bits per heavy atom. The molecule has 0 aromatic rings. The molecule has 0 radical (unpaired) electrons. The summed E-state index contributed by atoms with van der Waals surface area (Å²) >= 11 is 0. The van der Waals surface area contributed by atoms with Crippen LogP contribution in [0.15, 0.2) is 59.8 Å². The molecule has 0 saturated heterocycles. The molecule has 3 rings (SSSR count). The van der Waals surface area contributed by atoms with Crippen molar-refractivity contribution in [3.05, 3.63) is 59.8 Å². The van der Waals surface area contributed by atoms with Gasteiger partial charge in [0.25, 0.3) is 0 Å². The van der Waals surface area contributed by atoms with Crippen LogP contribution in [0.2, 0.25) is 0 Å². The van der Waals surface area contributed by atoms with Gasteiger partial charge >= 0.3 is 0 Å². The Morgan fingerprint density at radius 1 is 1.21 bits per heavy atom. The van der Waals surface area contributed by atoms with Gasteiger partial charge in [-0.2, -0.15) is 0 Å². The zero-order valence-corrected chi connectivity index (χ0v) is 21.6. The van der Waals surface area contributed by atoms with Gasteiger partial charge in [-0.1, -0.05) is 69.4 Å². The van der Waals surface area contributed by atoms with Crippen molar-refractivity contribution in [2.24, 2.45) is 17.3 Å². The van der Waals surface area contributed by atoms with Crippen LogP contribution in [0.3, 0.4) is 0 Å². The summed E-state index contributed by atoms with van der Waals surface area (Å²) < 4.78 is 5.72. The smallest absolute Gasteiger partial charge is 0.0875 e. The van der Waals surface area contributed by atoms with Gasteiger partial charge in [-0.25, -0.2) is 0 Å². The Hall–Kier alpha value is -1.46. The van der Waals surface area contributed by atoms with Crippen molar-refractivity contribution in [1.29, 1.82) is 0 Å². The topological polar surface area (TPSA) is 69.9 Å². The van der Waals surface area contributed by atoms with Crippen LogP contribution in [-0.2, 0) is 4.74 Å². The maximum atomic E-state index is 10.4. The predicted molar refractivity (Wildman–Crippen MR) is 139 cm³/mol. The van der Waals surface area contributed by atoms with Crippen LogP contribution in [0, 0.1) is 17.3 Å². The van der Waals surface area contributed by atoms with Gasteiger partial charge in [0.05, 0.1) is 31.0 Å². The fourth-order valence-electron chi connectivity index (χ4n) is 6.40. The minimum atomic E-state index is -0.725. The highest BCUT2D eigenvalue weighted by Gasteiger charge is 2.49. The first-order valence-corrected chi connectivity index (χ1v) is 13.2. The summed E-state index contributed by atoms with van der Waals surface area (Å²) in [4.78, 5) is 0. The second kappa shape index (κ2) is 11.5. The van der Waals surface area contributed by atoms with Gasteiger partial charge in [0.1, 0.15) is 0 Å². The molecule has 0 spiro atoms. The molecule has 190 valence electrons. The van der Waals surface area contributed by atoms with E-state index in [1.807, 2.05) is 19.9 Å². The van der Waals surface area contributed by atoms with Crippen molar-refractivity contribution in [2.45, 2.75) is 96.4 Å². The molecule has 3 aliphatic carbocycles. The fourth-order valence-corrected chi connectivity index (χ4v) is 6.40. The Morgan fingerprint density at radius 2 is 1.94 bits per heavy atom. The van der Waals surface area contributed by atoms with Crippen molar-refractivity contribution in [1.82, 2.24) is 0 Å². The molecule has 5 atom stereocenters. The zero-order chi connectivity index (χ0) is 24.9. The number of ether oxygens (including phenoxy) is 1. The average molecular weight is 471 g/mol. The standard InChI is InChI=1S/C30H46O4/c1-6-30(33,7-2)20-34-17-9-10-21(3)26-14-15-27-23(11-8-16-29(26,27)5)12-13-24-18-25(31)19-28(32)22(24)4/h9-10,12-13,25-28,31-33H,3-4,6-8,11,14-20H2,1-2,5H3/b10-9-,23-12+,24-13-/t25-,26-,27+,28+,29+/m1/s1. The summed E-state index contributed by atoms with van der Waals surface area (Å²) in [6.07, 6.45) is 15.6. The van der Waals surface area contributed by atoms with Crippen molar-refractivity contribution in [2.75, 3.05) is 13.2 Å². The van der Waals surface area contributed by atoms with Crippen molar-refractivity contribution >= 4 is 0 Å². The SMILES string of the molecule is C=C(/C=C\COCC(O)(CC)CC)[C@H]1CC[C@H]2/C(=C/C=C3/C[C@@H](O)C[C@H](O)C3=C)CCC[C@@]12C. The van der Waals surface area contributed by atoms with Gasteiger partial charge in [-0.05, 0) is 79.8 Å². The van der Waals surface area contributed by atoms with Crippen LogP contribution in [0.25, 0.3) is 0 Å². The number of aliphatic hydroxyl groups is 3. The van der Waals surface area contributed by atoms with Gasteiger partial charge in [0, 0.05) is 6.42 Å². The molecule has 3 saturated carbocycles. The van der Waals surface area contributed by atoms with E-state index in [1.54, 1.807) is 0 Å². The third kappa shape index (κ3) is 6.02. The lowest BCUT2D eigenvalue weighted by Crippen LogP contribution is -2.33. The van der Waals surface area contributed by atoms with Crippen molar-refractivity contribution in [3.63, 3.8) is 0 Å². The van der Waals surface area contributed by atoms with Crippen LogP contribution in [-0.4, -0.2) is 46.3 Å². The number of aliphatic hydroxyl groups excluding tert-OH is 2. The first-order chi connectivity index (χ1) is 16.1. The Balaban J connectivity index is 1.63. The molecule has 0 aromatic carbocycles. The maximum absolute atomic E-state index is 10.4. The molecule has 4 nitrogen and oxygen atoms in total. The molecule has 0 unspecified atom stereocenters. The number of allylic oxidation sites excluding steroid dienone is 5. The molecule has 0 aromatic heterocycles. The molecule has 4 heteroatoms. The van der Waals surface area contributed by atoms with Crippen molar-refractivity contribution < 1.29 is 20.1 Å². The molecule has 3 N–H and O–H groups in total. The Bertz CT molecular complexity index is 831. The van der Waals surface area contributed by atoms with Crippen LogP contribution < -0.4 is 0 Å². The quantitative estimate of drug-likeness (QED) is 0.294. The van der Waals surface area contributed by atoms with Crippen LogP contribution in [0.5, 0.6) is 0 Å². The molecule has 0 amide bonds. The lowest BCUT2D eigenvalue weighted by molar-refractivity contribution is -0.0446. The molecule has 0 heterocycles. The van der Waals surface area contributed by atoms with E-state index in [1.165, 1.54) is 30.4 Å². The number of hydrogen-bond donors (Lipinski definition) is 3. The minimum Gasteiger partial charge on any atom is -0.393 e. The molecule has 0 aliphatic heterocycles. The summed E-state index contributed by atoms with van der Waals surface area (Å²) in [7, 11) is 0. The van der Waals surface area contributed by atoms with Gasteiger partial charge in [-0.3, -0.25) is 0 Å². The number of rotatable bonds is 9. The largest absolute Gasteiger partial charge is 0.393 e. The van der Waals surface area contributed by atoms with E-state index in [0.29, 0.717) is 50.7 Å². The normalized spacial score (nSPS) is 34.8. The van der Waals surface area contributed by atoms with Gasteiger partial charge in [0.2, 0.25) is 0 Å². The Kier molecular flexibility index (Phi) is 9.19. The van der Waals surface area contributed by atoms with Crippen LogP contribution in [0.4, 0.5) is 0 Å². The number of hydrogen-bond acceptors (Lipinski definition) is 4. The van der Waals surface area contributed by atoms with E-state index in [0.717, 1.165) is 24.0 Å². The molecule has 34 heavy (non-hydrogen) atoms. The van der Waals surface area contributed by atoms with E-state index >= 15 is 0 Å². The predicted octanol–water partition coefficient (Wildman–Crippen LogP) is 5.81. The average Bonchev–Trinajstić information content (AvgIpc) is 3.17. The molecule has 3 aliphatic rings. The highest BCUT2D eigenvalue weighted by molar-refractivity contribution is 5.39. The zero-order valence-electron chi connectivity index (χ0n) is 21.6. The van der Waals surface area contributed by atoms with E-state index < -0.39 is 17.8 Å². The molecular formula is C30H46O4. The molecule has 0 bridgehead atoms. The second-order valence-corrected chi connectivity index (χ2v) is 11.0. The van der Waals surface area contributed by atoms with Crippen LogP contribution >= 0.6 is 0 Å². The van der Waals surface area contributed by atoms with Gasteiger partial charge in [0.15, 0.2) is 0 Å². The molecular weight excluding hydrogens is 424 g/mol. The summed E-state index contributed by atoms with van der Waals surface area (Å²) in [5, 5.41) is 30.6. The first-order valence-electron chi connectivity index (χ1n) is 13.2. The minimum absolute atomic E-state index is 0.206. The third-order valence-corrected chi connectivity index (χ3v) is 8.91. The van der Waals surface area contributed by atoms with E-state index in [9.17, 15) is 15.3 Å². The highest BCUT2D eigenvalue weighted by atomic mass is 16.5. The maximum Gasteiger partial charge on any atom is 0.0875 e. The summed E-state index contributed by atoms with van der Waals surface area (Å²) in [6.45, 7) is 15.8. The number of fused-ring (bicyclic) bond motifs is 1. The van der Waals surface area contributed by atoms with Crippen LogP contribution in [0.1, 0.15) is 78.6 Å². The van der Waals surface area contributed by atoms with Gasteiger partial charge in [-0.15, -0.1) is 0 Å². The summed E-state index contributed by atoms with van der Waals surface area (Å²) in [5.41, 5.74) is 3.88. The van der Waals surface area contributed by atoms with E-state index in [4.69, 9.17) is 4.74 Å². The monoisotopic (exact) mass is 470 g/mol. The molecule has 3 fully saturated rings. The Labute approximate surface area is 206 Å². The third-order valence-electron chi connectivity index (χ3n) is 8.91. The van der Waals surface area contributed by atoms with E-state index in [2.05, 4.69) is 38.3 Å². The lowest BCUT2D eigenvalue weighted by Gasteiger charge is -2.42. The van der Waals surface area contributed by atoms with Crippen molar-refractivity contribution in [3.8, 4) is 0 Å². The second-order valence-electron chi connectivity index (χ2n) is 11.0. The van der Waals surface area contributed by atoms with E-state index in [-0.39, 0.29) is 5.41 Å². The summed E-state index contributed by atoms with van der Waals surface area (Å²) in [5.74, 6) is 1.00. The fraction of sp³-hybridized carbons (Fsp3) is 0.667. The highest BCUT2D eigenvalue weighted by Crippen LogP contribution is 2.59.